The molecule has 0 unspecified atom stereocenters. The monoisotopic (exact) mass is 652 g/mol. The van der Waals surface area contributed by atoms with Crippen molar-refractivity contribution in [3.05, 3.63) is 154 Å². The summed E-state index contributed by atoms with van der Waals surface area (Å²) in [5.41, 5.74) is 3.87. The van der Waals surface area contributed by atoms with Crippen molar-refractivity contribution in [3.8, 4) is 0 Å². The number of H-pyrrole nitrogens is 1. The molecular weight excluding hydrogens is 628 g/mol. The Bertz CT molecular complexity index is 2510. The number of hydrogen-bond acceptors (Lipinski definition) is 6. The van der Waals surface area contributed by atoms with Crippen LogP contribution in [0, 0.1) is 0 Å². The minimum absolute atomic E-state index is 0.143. The largest absolute Gasteiger partial charge is 0.353 e. The highest BCUT2D eigenvalue weighted by Crippen LogP contribution is 2.30. The zero-order chi connectivity index (χ0) is 33.9. The number of hydrogen-bond donors (Lipinski definition) is 4. The van der Waals surface area contributed by atoms with Crippen molar-refractivity contribution in [2.45, 2.75) is 0 Å². The summed E-state index contributed by atoms with van der Waals surface area (Å²) >= 11 is 0. The van der Waals surface area contributed by atoms with E-state index in [0.29, 0.717) is 67.4 Å². The fourth-order valence-corrected chi connectivity index (χ4v) is 6.63. The second-order valence-electron chi connectivity index (χ2n) is 11.9. The van der Waals surface area contributed by atoms with Gasteiger partial charge >= 0.3 is 0 Å². The minimum atomic E-state index is -0.610. The molecule has 4 N–H and O–H groups in total. The van der Waals surface area contributed by atoms with E-state index in [1.807, 2.05) is 72.8 Å². The summed E-state index contributed by atoms with van der Waals surface area (Å²) in [6.45, 7) is 0. The number of aromatic nitrogens is 1. The highest BCUT2D eigenvalue weighted by molar-refractivity contribution is 6.52. The molecule has 0 saturated heterocycles. The molecule has 5 aromatic carbocycles. The van der Waals surface area contributed by atoms with Gasteiger partial charge in [-0.05, 0) is 60.7 Å². The van der Waals surface area contributed by atoms with Crippen LogP contribution in [0.25, 0.3) is 21.9 Å². The summed E-state index contributed by atoms with van der Waals surface area (Å²) in [7, 11) is 0. The molecule has 0 bridgehead atoms. The third-order valence-corrected chi connectivity index (χ3v) is 8.94. The van der Waals surface area contributed by atoms with Crippen LogP contribution in [0.2, 0.25) is 0 Å². The lowest BCUT2D eigenvalue weighted by Crippen LogP contribution is -2.35. The first-order chi connectivity index (χ1) is 24.4. The molecule has 10 heteroatoms. The van der Waals surface area contributed by atoms with E-state index in [1.54, 1.807) is 48.5 Å². The van der Waals surface area contributed by atoms with Gasteiger partial charge in [0.15, 0.2) is 0 Å². The SMILES string of the molecule is O=C1Nc2ccccc2C(=O)/C1=c1\[nH]/c(=C2/C(=O)Nc3ccccc3C2=O)c2cc3c(cc12)C(=Nc1ccccc1)NC3=Nc1ccccc1. The van der Waals surface area contributed by atoms with Crippen LogP contribution in [0.3, 0.4) is 0 Å². The molecule has 1 aromatic heterocycles. The number of amides is 2. The zero-order valence-corrected chi connectivity index (χ0v) is 26.1. The molecule has 3 aliphatic heterocycles. The predicted octanol–water partition coefficient (Wildman–Crippen LogP) is 4.90. The molecule has 0 fully saturated rings. The number of aromatic amines is 1. The molecule has 0 spiro atoms. The first-order valence-corrected chi connectivity index (χ1v) is 15.8. The topological polar surface area (TPSA) is 145 Å². The lowest BCUT2D eigenvalue weighted by molar-refractivity contribution is -0.112. The van der Waals surface area contributed by atoms with E-state index in [2.05, 4.69) is 20.9 Å². The van der Waals surface area contributed by atoms with Gasteiger partial charge in [-0.15, -0.1) is 0 Å². The molecule has 10 nitrogen and oxygen atoms in total. The van der Waals surface area contributed by atoms with Crippen molar-refractivity contribution in [1.29, 1.82) is 0 Å². The molecule has 0 atom stereocenters. The van der Waals surface area contributed by atoms with Crippen molar-refractivity contribution in [2.24, 2.45) is 9.98 Å². The molecule has 6 aromatic rings. The third-order valence-electron chi connectivity index (χ3n) is 8.94. The lowest BCUT2D eigenvalue weighted by Gasteiger charge is -2.17. The molecule has 0 radical (unpaired) electrons. The number of Topliss-reactive ketones (excluding diaryl/α,β-unsaturated/α-hetero) is 2. The van der Waals surface area contributed by atoms with Crippen LogP contribution < -0.4 is 26.6 Å². The number of fused-ring (bicyclic) bond motifs is 4. The first kappa shape index (κ1) is 29.0. The molecule has 50 heavy (non-hydrogen) atoms. The number of carbonyl (C=O) groups is 4. The van der Waals surface area contributed by atoms with Crippen LogP contribution in [-0.4, -0.2) is 40.0 Å². The van der Waals surface area contributed by atoms with Crippen LogP contribution >= 0.6 is 0 Å². The number of amidine groups is 2. The Labute approximate surface area is 283 Å². The molecule has 0 saturated carbocycles. The molecule has 2 amide bonds. The summed E-state index contributed by atoms with van der Waals surface area (Å²) in [4.78, 5) is 68.4. The number of aliphatic imine (C=N–C) groups is 2. The maximum absolute atomic E-state index is 14.0. The van der Waals surface area contributed by atoms with E-state index in [1.165, 1.54) is 0 Å². The maximum atomic E-state index is 14.0. The van der Waals surface area contributed by atoms with Crippen molar-refractivity contribution in [2.75, 3.05) is 10.6 Å². The van der Waals surface area contributed by atoms with Crippen LogP contribution in [0.5, 0.6) is 0 Å². The van der Waals surface area contributed by atoms with Gasteiger partial charge in [0.1, 0.15) is 22.8 Å². The van der Waals surface area contributed by atoms with E-state index in [4.69, 9.17) is 9.98 Å². The second kappa shape index (κ2) is 11.2. The predicted molar refractivity (Wildman–Crippen MR) is 192 cm³/mol. The summed E-state index contributed by atoms with van der Waals surface area (Å²) < 4.78 is 0. The van der Waals surface area contributed by atoms with Gasteiger partial charge in [-0.2, -0.15) is 0 Å². The Balaban J connectivity index is 1.40. The van der Waals surface area contributed by atoms with Crippen LogP contribution in [0.4, 0.5) is 22.7 Å². The Hall–Kier alpha value is -7.20. The van der Waals surface area contributed by atoms with E-state index in [-0.39, 0.29) is 21.8 Å². The Morgan fingerprint density at radius 3 is 1.26 bits per heavy atom. The number of para-hydroxylation sites is 4. The van der Waals surface area contributed by atoms with Gasteiger partial charge in [-0.1, -0.05) is 60.7 Å². The van der Waals surface area contributed by atoms with E-state index in [9.17, 15) is 19.2 Å². The van der Waals surface area contributed by atoms with Crippen molar-refractivity contribution >= 4 is 79.7 Å². The van der Waals surface area contributed by atoms with Gasteiger partial charge in [0.2, 0.25) is 11.6 Å². The van der Waals surface area contributed by atoms with Crippen LogP contribution in [0.1, 0.15) is 31.8 Å². The van der Waals surface area contributed by atoms with Gasteiger partial charge in [0.05, 0.1) is 33.4 Å². The quantitative estimate of drug-likeness (QED) is 0.210. The molecule has 238 valence electrons. The summed E-state index contributed by atoms with van der Waals surface area (Å²) in [6.07, 6.45) is 0. The number of nitrogens with one attached hydrogen (secondary N) is 4. The fourth-order valence-electron chi connectivity index (χ4n) is 6.63. The lowest BCUT2D eigenvalue weighted by atomic mass is 9.94. The van der Waals surface area contributed by atoms with Crippen LogP contribution in [0.15, 0.2) is 131 Å². The first-order valence-electron chi connectivity index (χ1n) is 15.8. The van der Waals surface area contributed by atoms with Gasteiger partial charge < -0.3 is 20.9 Å². The third kappa shape index (κ3) is 4.58. The Morgan fingerprint density at radius 1 is 0.420 bits per heavy atom. The van der Waals surface area contributed by atoms with E-state index < -0.39 is 23.4 Å². The van der Waals surface area contributed by atoms with Crippen molar-refractivity contribution in [3.63, 3.8) is 0 Å². The number of carbonyl (C=O) groups excluding carboxylic acids is 4. The second-order valence-corrected chi connectivity index (χ2v) is 11.9. The number of rotatable bonds is 2. The van der Waals surface area contributed by atoms with Gasteiger partial charge in [-0.3, -0.25) is 19.2 Å². The Morgan fingerprint density at radius 2 is 0.820 bits per heavy atom. The summed E-state index contributed by atoms with van der Waals surface area (Å²) in [5, 5.41) is 10.3. The summed E-state index contributed by atoms with van der Waals surface area (Å²) in [6, 6.07) is 36.0. The fraction of sp³-hybridized carbons (Fsp3) is 0. The van der Waals surface area contributed by atoms with E-state index >= 15 is 0 Å². The average molecular weight is 653 g/mol. The van der Waals surface area contributed by atoms with Gasteiger partial charge in [0, 0.05) is 33.0 Å². The van der Waals surface area contributed by atoms with Crippen LogP contribution in [-0.2, 0) is 9.59 Å². The normalized spacial score (nSPS) is 18.8. The highest BCUT2D eigenvalue weighted by atomic mass is 16.2. The molecule has 9 rings (SSSR count). The Kier molecular flexibility index (Phi) is 6.49. The molecule has 0 aliphatic carbocycles. The number of ketones is 2. The summed E-state index contributed by atoms with van der Waals surface area (Å²) in [5.74, 6) is -1.20. The minimum Gasteiger partial charge on any atom is -0.353 e. The number of nitrogens with zero attached hydrogens (tertiary/aromatic N) is 2. The van der Waals surface area contributed by atoms with Crippen molar-refractivity contribution < 1.29 is 19.2 Å². The average Bonchev–Trinajstić information content (AvgIpc) is 3.65. The van der Waals surface area contributed by atoms with Gasteiger partial charge in [-0.25, -0.2) is 9.98 Å². The number of anilines is 2. The zero-order valence-electron chi connectivity index (χ0n) is 26.1. The standard InChI is InChI=1S/C40H24N6O4/c47-35-23-15-7-9-17-29(23)43-39(49)31(35)33-25-19-27-28(20-26(25)34(45-33)32-36(48)24-16-8-10-18-30(24)44-40(32)50)38(42-22-13-5-2-6-14-22)46-37(27)41-21-11-3-1-4-12-21/h1-20,45H,(H,43,49)(H,44,50)(H,41,42,46)/b33-31+,34-32+. The highest BCUT2D eigenvalue weighted by Gasteiger charge is 2.34. The molecule has 4 heterocycles. The van der Waals surface area contributed by atoms with Crippen molar-refractivity contribution in [1.82, 2.24) is 10.3 Å². The smallest absolute Gasteiger partial charge is 0.261 e. The molecule has 3 aliphatic rings. The number of benzene rings is 5. The van der Waals surface area contributed by atoms with E-state index in [0.717, 1.165) is 0 Å². The molecular formula is C40H24N6O4. The van der Waals surface area contributed by atoms with Gasteiger partial charge in [0.25, 0.3) is 11.8 Å². The maximum Gasteiger partial charge on any atom is 0.261 e.